The van der Waals surface area contributed by atoms with E-state index in [9.17, 15) is 19.1 Å². The van der Waals surface area contributed by atoms with Gasteiger partial charge in [-0.25, -0.2) is 4.39 Å². The molecule has 1 aromatic heterocycles. The van der Waals surface area contributed by atoms with E-state index in [1.165, 1.54) is 12.1 Å². The van der Waals surface area contributed by atoms with Crippen LogP contribution < -0.4 is 15.4 Å². The van der Waals surface area contributed by atoms with Crippen molar-refractivity contribution in [2.24, 2.45) is 0 Å². The van der Waals surface area contributed by atoms with Crippen LogP contribution in [0.25, 0.3) is 0 Å². The molecule has 1 unspecified atom stereocenters. The molecule has 0 aliphatic rings. The third-order valence-electron chi connectivity index (χ3n) is 3.41. The lowest BCUT2D eigenvalue weighted by atomic mass is 10.2. The molecule has 1 aromatic carbocycles. The van der Waals surface area contributed by atoms with Gasteiger partial charge >= 0.3 is 0 Å². The van der Waals surface area contributed by atoms with E-state index in [4.69, 9.17) is 16.3 Å². The fourth-order valence-electron chi connectivity index (χ4n) is 2.01. The largest absolute Gasteiger partial charge is 0.484 e. The minimum atomic E-state index is -0.828. The van der Waals surface area contributed by atoms with E-state index in [2.05, 4.69) is 15.0 Å². The highest BCUT2D eigenvalue weighted by atomic mass is 35.5. The molecular weight excluding hydrogens is 397 g/mol. The fraction of sp³-hybridized carbons (Fsp3) is 0.353. The van der Waals surface area contributed by atoms with E-state index < -0.39 is 17.8 Å². The summed E-state index contributed by atoms with van der Waals surface area (Å²) in [6.45, 7) is 1.74. The summed E-state index contributed by atoms with van der Waals surface area (Å²) in [5, 5.41) is 15.0. The molecule has 0 aliphatic carbocycles. The number of carbonyl (C=O) groups is 2. The second kappa shape index (κ2) is 10.2. The van der Waals surface area contributed by atoms with Crippen molar-refractivity contribution in [2.45, 2.75) is 19.4 Å². The number of aromatic nitrogens is 1. The van der Waals surface area contributed by atoms with Gasteiger partial charge in [-0.1, -0.05) is 11.6 Å². The number of halogens is 2. The maximum Gasteiger partial charge on any atom is 0.262 e. The van der Waals surface area contributed by atoms with Gasteiger partial charge in [-0.15, -0.1) is 0 Å². The summed E-state index contributed by atoms with van der Waals surface area (Å²) in [6.07, 6.45) is -0.557. The first kappa shape index (κ1) is 21.1. The molecule has 2 aromatic rings. The molecule has 0 aliphatic heterocycles. The van der Waals surface area contributed by atoms with E-state index in [0.717, 1.165) is 23.3 Å². The zero-order chi connectivity index (χ0) is 19.8. The molecular formula is C17H19ClFN3O4S. The number of carbonyl (C=O) groups excluding carboxylic acids is 2. The Labute approximate surface area is 164 Å². The minimum absolute atomic E-state index is 0.00666. The zero-order valence-electron chi connectivity index (χ0n) is 14.5. The topological polar surface area (TPSA) is 101 Å². The Morgan fingerprint density at radius 2 is 2.15 bits per heavy atom. The standard InChI is InChI=1S/C17H19ClFN3O4S/c1-10-6-15(27-22-10)17(25)20-5-4-11(23)8-21-16(24)9-26-12-2-3-13(18)14(19)7-12/h2-3,6-7,11,23H,4-5,8-9H2,1H3,(H,20,25)(H,21,24). The highest BCUT2D eigenvalue weighted by molar-refractivity contribution is 7.08. The Balaban J connectivity index is 1.61. The highest BCUT2D eigenvalue weighted by Crippen LogP contribution is 2.20. The first-order valence-electron chi connectivity index (χ1n) is 8.09. The van der Waals surface area contributed by atoms with Crippen molar-refractivity contribution in [3.63, 3.8) is 0 Å². The average Bonchev–Trinajstić information content (AvgIpc) is 3.07. The number of rotatable bonds is 9. The monoisotopic (exact) mass is 415 g/mol. The minimum Gasteiger partial charge on any atom is -0.484 e. The molecule has 2 amide bonds. The lowest BCUT2D eigenvalue weighted by molar-refractivity contribution is -0.123. The highest BCUT2D eigenvalue weighted by Gasteiger charge is 2.11. The Morgan fingerprint density at radius 1 is 1.37 bits per heavy atom. The van der Waals surface area contributed by atoms with Gasteiger partial charge < -0.3 is 20.5 Å². The number of aliphatic hydroxyl groups is 1. The predicted octanol–water partition coefficient (Wildman–Crippen LogP) is 1.92. The van der Waals surface area contributed by atoms with Gasteiger partial charge in [0.05, 0.1) is 16.8 Å². The number of aryl methyl sites for hydroxylation is 1. The number of ether oxygens (including phenoxy) is 1. The summed E-state index contributed by atoms with van der Waals surface area (Å²) in [7, 11) is 0. The molecule has 0 saturated carbocycles. The van der Waals surface area contributed by atoms with Crippen LogP contribution in [0.3, 0.4) is 0 Å². The summed E-state index contributed by atoms with van der Waals surface area (Å²) < 4.78 is 22.4. The first-order chi connectivity index (χ1) is 12.8. The quantitative estimate of drug-likeness (QED) is 0.581. The molecule has 3 N–H and O–H groups in total. The van der Waals surface area contributed by atoms with Gasteiger partial charge in [0, 0.05) is 19.2 Å². The van der Waals surface area contributed by atoms with Crippen LogP contribution in [0.5, 0.6) is 5.75 Å². The number of hydrogen-bond acceptors (Lipinski definition) is 6. The molecule has 0 spiro atoms. The number of hydrogen-bond donors (Lipinski definition) is 3. The number of aliphatic hydroxyl groups excluding tert-OH is 1. The van der Waals surface area contributed by atoms with Gasteiger partial charge in [-0.3, -0.25) is 9.59 Å². The lowest BCUT2D eigenvalue weighted by Gasteiger charge is -2.13. The second-order valence-electron chi connectivity index (χ2n) is 5.70. The third-order valence-corrected chi connectivity index (χ3v) is 4.60. The van der Waals surface area contributed by atoms with Gasteiger partial charge in [0.25, 0.3) is 11.8 Å². The second-order valence-corrected chi connectivity index (χ2v) is 6.91. The molecule has 27 heavy (non-hydrogen) atoms. The average molecular weight is 416 g/mol. The maximum atomic E-state index is 13.3. The van der Waals surface area contributed by atoms with Crippen LogP contribution in [0.1, 0.15) is 21.8 Å². The van der Waals surface area contributed by atoms with Crippen LogP contribution in [0, 0.1) is 12.7 Å². The normalized spacial score (nSPS) is 11.7. The first-order valence-corrected chi connectivity index (χ1v) is 9.24. The Morgan fingerprint density at radius 3 is 2.81 bits per heavy atom. The van der Waals surface area contributed by atoms with E-state index in [1.54, 1.807) is 13.0 Å². The van der Waals surface area contributed by atoms with Crippen LogP contribution in [-0.4, -0.2) is 47.1 Å². The van der Waals surface area contributed by atoms with Crippen molar-refractivity contribution in [1.29, 1.82) is 0 Å². The van der Waals surface area contributed by atoms with Crippen LogP contribution in [0.2, 0.25) is 5.02 Å². The summed E-state index contributed by atoms with van der Waals surface area (Å²) in [6, 6.07) is 5.54. The Kier molecular flexibility index (Phi) is 7.96. The van der Waals surface area contributed by atoms with Crippen molar-refractivity contribution in [2.75, 3.05) is 19.7 Å². The van der Waals surface area contributed by atoms with Crippen LogP contribution in [0.4, 0.5) is 4.39 Å². The predicted molar refractivity (Wildman–Crippen MR) is 99.7 cm³/mol. The molecule has 0 fully saturated rings. The molecule has 7 nitrogen and oxygen atoms in total. The molecule has 0 radical (unpaired) electrons. The fourth-order valence-corrected chi connectivity index (χ4v) is 2.80. The molecule has 2 rings (SSSR count). The van der Waals surface area contributed by atoms with Crippen LogP contribution in [-0.2, 0) is 4.79 Å². The number of amides is 2. The molecule has 0 bridgehead atoms. The number of benzene rings is 1. The lowest BCUT2D eigenvalue weighted by Crippen LogP contribution is -2.37. The molecule has 10 heteroatoms. The summed E-state index contributed by atoms with van der Waals surface area (Å²) >= 11 is 6.67. The van der Waals surface area contributed by atoms with Crippen LogP contribution in [0.15, 0.2) is 24.3 Å². The van der Waals surface area contributed by atoms with Crippen molar-refractivity contribution in [3.05, 3.63) is 45.7 Å². The van der Waals surface area contributed by atoms with E-state index in [0.29, 0.717) is 4.88 Å². The van der Waals surface area contributed by atoms with Crippen LogP contribution >= 0.6 is 23.1 Å². The SMILES string of the molecule is Cc1cc(C(=O)NCCC(O)CNC(=O)COc2ccc(Cl)c(F)c2)sn1. The van der Waals surface area contributed by atoms with Crippen molar-refractivity contribution >= 4 is 34.9 Å². The molecule has 1 atom stereocenters. The van der Waals surface area contributed by atoms with Gasteiger partial charge in [-0.2, -0.15) is 4.37 Å². The molecule has 1 heterocycles. The maximum absolute atomic E-state index is 13.3. The molecule has 0 saturated heterocycles. The zero-order valence-corrected chi connectivity index (χ0v) is 16.1. The van der Waals surface area contributed by atoms with Crippen molar-refractivity contribution in [1.82, 2.24) is 15.0 Å². The van der Waals surface area contributed by atoms with Gasteiger partial charge in [0.2, 0.25) is 0 Å². The van der Waals surface area contributed by atoms with E-state index in [-0.39, 0.29) is 42.8 Å². The van der Waals surface area contributed by atoms with Crippen molar-refractivity contribution < 1.29 is 23.8 Å². The Hall–Kier alpha value is -2.23. The smallest absolute Gasteiger partial charge is 0.262 e. The summed E-state index contributed by atoms with van der Waals surface area (Å²) in [4.78, 5) is 24.0. The van der Waals surface area contributed by atoms with Gasteiger partial charge in [0.1, 0.15) is 16.4 Å². The summed E-state index contributed by atoms with van der Waals surface area (Å²) in [5.74, 6) is -1.18. The van der Waals surface area contributed by atoms with Gasteiger partial charge in [0.15, 0.2) is 6.61 Å². The van der Waals surface area contributed by atoms with E-state index >= 15 is 0 Å². The van der Waals surface area contributed by atoms with Crippen molar-refractivity contribution in [3.8, 4) is 5.75 Å². The molecule has 146 valence electrons. The van der Waals surface area contributed by atoms with Gasteiger partial charge in [-0.05, 0) is 43.1 Å². The number of nitrogens with zero attached hydrogens (tertiary/aromatic N) is 1. The number of nitrogens with one attached hydrogen (secondary N) is 2. The summed E-state index contributed by atoms with van der Waals surface area (Å²) in [5.41, 5.74) is 0.774. The van der Waals surface area contributed by atoms with E-state index in [1.807, 2.05) is 0 Å². The Bertz CT molecular complexity index is 802. The third kappa shape index (κ3) is 7.12.